The monoisotopic (exact) mass is 1480 g/mol. The van der Waals surface area contributed by atoms with Crippen LogP contribution in [0.4, 0.5) is 17.1 Å². The number of likely N-dealkylation sites (N-methyl/N-ethyl adjacent to an activating group) is 6. The third kappa shape index (κ3) is 18.3. The van der Waals surface area contributed by atoms with Gasteiger partial charge in [-0.15, -0.1) is 0 Å². The first kappa shape index (κ1) is 77.4. The Morgan fingerprint density at radius 1 is 0.468 bits per heavy atom. The lowest BCUT2D eigenvalue weighted by Gasteiger charge is -2.36. The number of aromatic nitrogens is 6. The summed E-state index contributed by atoms with van der Waals surface area (Å²) in [7, 11) is 11.9. The van der Waals surface area contributed by atoms with Crippen molar-refractivity contribution in [1.29, 1.82) is 0 Å². The van der Waals surface area contributed by atoms with E-state index >= 15 is 0 Å². The second-order valence-electron chi connectivity index (χ2n) is 29.3. The number of amides is 7. The van der Waals surface area contributed by atoms with Gasteiger partial charge in [-0.05, 0) is 176 Å². The number of unbranched alkanes of at least 4 members (excludes halogenated alkanes) is 1. The molecule has 3 aliphatic heterocycles. The number of nitrogens with one attached hydrogen (secondary N) is 3. The zero-order chi connectivity index (χ0) is 77.3. The summed E-state index contributed by atoms with van der Waals surface area (Å²) in [5.74, 6) is 0.363. The number of aliphatic imine (C=N–C) groups is 1. The Labute approximate surface area is 636 Å². The molecule has 0 aliphatic carbocycles. The van der Waals surface area contributed by atoms with Gasteiger partial charge in [0.05, 0.1) is 64.3 Å². The van der Waals surface area contributed by atoms with Gasteiger partial charge >= 0.3 is 0 Å². The topological polar surface area (TPSA) is 295 Å². The first-order valence-electron chi connectivity index (χ1n) is 37.7. The molecule has 6 aromatic carbocycles. The highest BCUT2D eigenvalue weighted by atomic mass is 16.5. The molecule has 0 unspecified atom stereocenters. The summed E-state index contributed by atoms with van der Waals surface area (Å²) in [5.41, 5.74) is 20.2. The molecule has 0 radical (unpaired) electrons. The van der Waals surface area contributed by atoms with Crippen LogP contribution in [-0.2, 0) is 40.0 Å². The number of benzene rings is 6. The molecular formula is C82H102N18O9. The summed E-state index contributed by atoms with van der Waals surface area (Å²) in [6.45, 7) is 15.0. The number of fused-ring (bicyclic) bond motifs is 4. The SMILES string of the molecule is C[C@@H](C(=O)N(C)[C@@H](C)C(=O)N(C)[C@@H](C)C(=O)N(C)[C@@H](C)C(=O)N(CCCCN(C)C(=O)CCCOc1cccc(C2=Nc3ccc(-c4nc5cc(N6CCN(C)CC6)ccc5[nH]4)cc3C2)c1)CC(N)=O)N(C)C(=O)CCCOc1cccc(-c2nc3ccc(-c4nc5ccc(N6CCN(C)CC6)cc5[nH]4)cc3[nH]2)c1. The van der Waals surface area contributed by atoms with Gasteiger partial charge in [0.2, 0.25) is 41.4 Å². The number of hydrogen-bond donors (Lipinski definition) is 4. The first-order valence-corrected chi connectivity index (χ1v) is 37.7. The zero-order valence-electron chi connectivity index (χ0n) is 64.5. The fourth-order valence-corrected chi connectivity index (χ4v) is 14.1. The molecule has 5 N–H and O–H groups in total. The van der Waals surface area contributed by atoms with Gasteiger partial charge in [-0.3, -0.25) is 38.6 Å². The smallest absolute Gasteiger partial charge is 0.245 e. The van der Waals surface area contributed by atoms with Crippen LogP contribution in [0, 0.1) is 0 Å². The summed E-state index contributed by atoms with van der Waals surface area (Å²) in [4.78, 5) is 143. The van der Waals surface area contributed by atoms with Crippen LogP contribution in [0.15, 0.2) is 126 Å². The molecule has 7 amide bonds. The number of imidazole rings is 3. The predicted octanol–water partition coefficient (Wildman–Crippen LogP) is 8.46. The molecular weight excluding hydrogens is 1380 g/mol. The number of piperazine rings is 2. The number of carbonyl (C=O) groups excluding carboxylic acids is 7. The minimum atomic E-state index is -1.07. The number of hydrogen-bond acceptors (Lipinski definition) is 17. The number of rotatable bonds is 31. The predicted molar refractivity (Wildman–Crippen MR) is 425 cm³/mol. The average molecular weight is 1480 g/mol. The van der Waals surface area contributed by atoms with Crippen molar-refractivity contribution in [3.8, 4) is 45.7 Å². The number of ether oxygens (including phenoxy) is 2. The van der Waals surface area contributed by atoms with E-state index in [-0.39, 0.29) is 44.4 Å². The molecule has 6 heterocycles. The lowest BCUT2D eigenvalue weighted by molar-refractivity contribution is -0.153. The Kier molecular flexibility index (Phi) is 24.4. The van der Waals surface area contributed by atoms with Crippen LogP contribution in [0.2, 0.25) is 0 Å². The highest BCUT2D eigenvalue weighted by Gasteiger charge is 2.37. The van der Waals surface area contributed by atoms with E-state index in [0.717, 1.165) is 136 Å². The molecule has 0 spiro atoms. The van der Waals surface area contributed by atoms with Gasteiger partial charge in [-0.25, -0.2) is 15.0 Å². The standard InChI is InChI=1S/C82H102N18O9/c1-52(94(8)75(103)23-17-43-109-64-21-15-19-57(46-64)76-85-66-29-25-59(47-70(66)88-76)78-87-68-31-27-62(50-72(68)90-78)99-40-36-92(6)37-41-99)79(104)95(9)53(2)80(105)96(10)54(3)81(106)97(11)55(4)82(107)100(51-73(83)101)33-13-12-32-93(7)74(102)22-16-42-108-63-20-14-18-56(45-63)69-48-60-44-58(24-28-65(60)84-69)77-86-67-30-26-61(49-71(67)89-77)98-38-34-91(5)35-39-98/h14-15,18-21,24-31,44-47,49-50,52-55H,12-13,16-17,22-23,32-43,48,51H2,1-11H3,(H2,83,101)(H,85,88)(H,86,89)(H,87,90)/t52-,53-,54-,55-/m0/s1. The highest BCUT2D eigenvalue weighted by molar-refractivity contribution is 6.07. The maximum Gasteiger partial charge on any atom is 0.245 e. The van der Waals surface area contributed by atoms with Crippen molar-refractivity contribution in [2.45, 2.75) is 96.8 Å². The van der Waals surface area contributed by atoms with E-state index in [2.05, 4.69) is 97.2 Å². The van der Waals surface area contributed by atoms with Crippen LogP contribution in [0.3, 0.4) is 0 Å². The van der Waals surface area contributed by atoms with Crippen LogP contribution in [-0.4, -0.2) is 275 Å². The van der Waals surface area contributed by atoms with E-state index in [9.17, 15) is 33.6 Å². The van der Waals surface area contributed by atoms with Crippen molar-refractivity contribution < 1.29 is 43.0 Å². The van der Waals surface area contributed by atoms with Crippen LogP contribution in [0.1, 0.15) is 77.3 Å². The third-order valence-electron chi connectivity index (χ3n) is 21.7. The second kappa shape index (κ2) is 34.4. The number of anilines is 2. The largest absolute Gasteiger partial charge is 0.494 e. The van der Waals surface area contributed by atoms with Crippen molar-refractivity contribution in [3.05, 3.63) is 132 Å². The number of nitrogens with zero attached hydrogens (tertiary/aromatic N) is 14. The fourth-order valence-electron chi connectivity index (χ4n) is 14.1. The van der Waals surface area contributed by atoms with Gasteiger partial charge in [0.15, 0.2) is 0 Å². The Balaban J connectivity index is 0.535. The molecule has 12 rings (SSSR count). The molecule has 109 heavy (non-hydrogen) atoms. The van der Waals surface area contributed by atoms with Crippen molar-refractivity contribution >= 4 is 97.2 Å². The minimum Gasteiger partial charge on any atom is -0.494 e. The van der Waals surface area contributed by atoms with Crippen LogP contribution < -0.4 is 25.0 Å². The van der Waals surface area contributed by atoms with Gasteiger partial charge in [0.25, 0.3) is 0 Å². The van der Waals surface area contributed by atoms with Crippen LogP contribution in [0.25, 0.3) is 67.3 Å². The molecule has 574 valence electrons. The van der Waals surface area contributed by atoms with Gasteiger partial charge in [-0.2, -0.15) is 0 Å². The molecule has 2 saturated heterocycles. The normalized spacial score (nSPS) is 15.1. The quantitative estimate of drug-likeness (QED) is 0.0296. The molecule has 9 aromatic rings. The molecule has 27 nitrogen and oxygen atoms in total. The van der Waals surface area contributed by atoms with E-state index in [1.807, 2.05) is 72.8 Å². The van der Waals surface area contributed by atoms with E-state index < -0.39 is 53.7 Å². The van der Waals surface area contributed by atoms with Gasteiger partial charge < -0.3 is 79.2 Å². The van der Waals surface area contributed by atoms with Gasteiger partial charge in [-0.1, -0.05) is 24.3 Å². The van der Waals surface area contributed by atoms with E-state index in [4.69, 9.17) is 35.2 Å². The molecule has 0 bridgehead atoms. The third-order valence-corrected chi connectivity index (χ3v) is 21.7. The zero-order valence-corrected chi connectivity index (χ0v) is 64.5. The number of primary amides is 1. The number of nitrogens with two attached hydrogens (primary N) is 1. The molecule has 3 aliphatic rings. The van der Waals surface area contributed by atoms with Crippen LogP contribution >= 0.6 is 0 Å². The van der Waals surface area contributed by atoms with Gasteiger partial charge in [0.1, 0.15) is 53.1 Å². The second-order valence-corrected chi connectivity index (χ2v) is 29.3. The summed E-state index contributed by atoms with van der Waals surface area (Å²) in [5, 5.41) is 0. The first-order chi connectivity index (χ1) is 52.3. The molecule has 3 aromatic heterocycles. The minimum absolute atomic E-state index is 0.0634. The Hall–Kier alpha value is -11.2. The van der Waals surface area contributed by atoms with Crippen molar-refractivity contribution in [2.75, 3.05) is 144 Å². The number of carbonyl (C=O) groups is 7. The van der Waals surface area contributed by atoms with E-state index in [1.165, 1.54) is 70.9 Å². The Morgan fingerprint density at radius 2 is 0.936 bits per heavy atom. The molecule has 27 heteroatoms. The average Bonchev–Trinajstić information content (AvgIpc) is 1.66. The summed E-state index contributed by atoms with van der Waals surface area (Å²) in [6, 6.07) is 36.5. The fraction of sp³-hybridized carbons (Fsp3) is 0.427. The van der Waals surface area contributed by atoms with Crippen molar-refractivity contribution in [1.82, 2.24) is 69.1 Å². The van der Waals surface area contributed by atoms with E-state index in [1.54, 1.807) is 32.8 Å². The number of H-pyrrole nitrogens is 3. The Bertz CT molecular complexity index is 4840. The summed E-state index contributed by atoms with van der Waals surface area (Å²) in [6.07, 6.45) is 2.83. The van der Waals surface area contributed by atoms with Gasteiger partial charge in [0, 0.05) is 148 Å². The van der Waals surface area contributed by atoms with Crippen LogP contribution in [0.5, 0.6) is 11.5 Å². The maximum absolute atomic E-state index is 14.0. The molecule has 2 fully saturated rings. The van der Waals surface area contributed by atoms with Crippen molar-refractivity contribution in [2.24, 2.45) is 10.7 Å². The van der Waals surface area contributed by atoms with Crippen molar-refractivity contribution in [3.63, 3.8) is 0 Å². The molecule has 4 atom stereocenters. The lowest BCUT2D eigenvalue weighted by atomic mass is 10.0. The Morgan fingerprint density at radius 3 is 1.53 bits per heavy atom. The molecule has 0 saturated carbocycles. The van der Waals surface area contributed by atoms with E-state index in [0.29, 0.717) is 62.6 Å². The number of aromatic amines is 3. The maximum atomic E-state index is 14.0. The highest BCUT2D eigenvalue weighted by Crippen LogP contribution is 2.35. The lowest BCUT2D eigenvalue weighted by Crippen LogP contribution is -2.57. The summed E-state index contributed by atoms with van der Waals surface area (Å²) >= 11 is 0. The summed E-state index contributed by atoms with van der Waals surface area (Å²) < 4.78 is 12.3.